The molecule has 0 spiro atoms. The van der Waals surface area contributed by atoms with Crippen molar-refractivity contribution in [1.29, 1.82) is 0 Å². The molecule has 10 nitrogen and oxygen atoms in total. The summed E-state index contributed by atoms with van der Waals surface area (Å²) in [7, 11) is 3.38. The molecule has 2 aliphatic heterocycles. The third kappa shape index (κ3) is 4.63. The zero-order chi connectivity index (χ0) is 27.2. The Bertz CT molecular complexity index is 1430. The topological polar surface area (TPSA) is 119 Å². The van der Waals surface area contributed by atoms with E-state index in [-0.39, 0.29) is 34.7 Å². The zero-order valence-corrected chi connectivity index (χ0v) is 22.1. The number of carboxylic acids is 1. The minimum atomic E-state index is -1.02. The maximum atomic E-state index is 13.5. The predicted molar refractivity (Wildman–Crippen MR) is 139 cm³/mol. The van der Waals surface area contributed by atoms with Gasteiger partial charge in [0.2, 0.25) is 0 Å². The van der Waals surface area contributed by atoms with Crippen LogP contribution in [0.4, 0.5) is 4.79 Å². The highest BCUT2D eigenvalue weighted by molar-refractivity contribution is 6.46. The number of carboxylic acid groups (broad SMARTS) is 1. The lowest BCUT2D eigenvalue weighted by atomic mass is 9.88. The number of aryl methyl sites for hydroxylation is 1. The maximum Gasteiger partial charge on any atom is 0.410 e. The minimum Gasteiger partial charge on any atom is -0.488 e. The first-order valence-electron chi connectivity index (χ1n) is 11.9. The van der Waals surface area contributed by atoms with E-state index in [0.717, 1.165) is 5.56 Å². The van der Waals surface area contributed by atoms with Gasteiger partial charge >= 0.3 is 12.1 Å². The van der Waals surface area contributed by atoms with Gasteiger partial charge in [-0.25, -0.2) is 9.59 Å². The van der Waals surface area contributed by atoms with E-state index in [1.165, 1.54) is 17.0 Å². The van der Waals surface area contributed by atoms with E-state index in [1.807, 2.05) is 0 Å². The number of aromatic nitrogens is 1. The van der Waals surface area contributed by atoms with Gasteiger partial charge in [-0.2, -0.15) is 0 Å². The zero-order valence-electron chi connectivity index (χ0n) is 20.6. The summed E-state index contributed by atoms with van der Waals surface area (Å²) in [5.74, 6) is -1.07. The summed E-state index contributed by atoms with van der Waals surface area (Å²) >= 11 is 13.1. The van der Waals surface area contributed by atoms with Crippen LogP contribution in [0.5, 0.6) is 5.75 Å². The van der Waals surface area contributed by atoms with Crippen molar-refractivity contribution in [3.05, 3.63) is 63.3 Å². The normalized spacial score (nSPS) is 21.1. The Labute approximate surface area is 227 Å². The molecule has 0 radical (unpaired) electrons. The van der Waals surface area contributed by atoms with E-state index in [4.69, 9.17) is 37.4 Å². The van der Waals surface area contributed by atoms with E-state index >= 15 is 0 Å². The second-order valence-electron chi connectivity index (χ2n) is 9.44. The quantitative estimate of drug-likeness (QED) is 0.446. The molecule has 2 aromatic carbocycles. The van der Waals surface area contributed by atoms with Gasteiger partial charge in [0.05, 0.1) is 34.8 Å². The number of carbonyl (C=O) groups is 3. The van der Waals surface area contributed by atoms with Gasteiger partial charge in [-0.15, -0.1) is 0 Å². The average Bonchev–Trinajstić information content (AvgIpc) is 3.59. The molecule has 2 unspecified atom stereocenters. The second kappa shape index (κ2) is 10.0. The fourth-order valence-corrected chi connectivity index (χ4v) is 5.26. The number of cyclic esters (lactones) is 1. The Balaban J connectivity index is 1.41. The highest BCUT2D eigenvalue weighted by Crippen LogP contribution is 2.40. The third-order valence-electron chi connectivity index (χ3n) is 6.97. The first-order valence-corrected chi connectivity index (χ1v) is 12.6. The number of benzene rings is 2. The van der Waals surface area contributed by atoms with Gasteiger partial charge in [-0.1, -0.05) is 35.3 Å². The monoisotopic (exact) mass is 561 g/mol. The number of fused-ring (bicyclic) bond motifs is 1. The number of halogens is 2. The molecule has 5 rings (SSSR count). The fraction of sp³-hybridized carbons (Fsp3) is 0.346. The Morgan fingerprint density at radius 3 is 2.53 bits per heavy atom. The number of amides is 2. The molecule has 2 amide bonds. The lowest BCUT2D eigenvalue weighted by Gasteiger charge is -2.29. The summed E-state index contributed by atoms with van der Waals surface area (Å²) in [6, 6.07) is 9.76. The number of ether oxygens (including phenoxy) is 3. The number of likely N-dealkylation sites (N-methyl/N-ethyl adjacent to an activating group) is 1. The average molecular weight is 562 g/mol. The molecule has 200 valence electrons. The molecular formula is C26H25Cl2N3O7. The van der Waals surface area contributed by atoms with Gasteiger partial charge in [0.15, 0.2) is 6.10 Å². The van der Waals surface area contributed by atoms with E-state index in [1.54, 1.807) is 42.9 Å². The Morgan fingerprint density at radius 2 is 1.92 bits per heavy atom. The van der Waals surface area contributed by atoms with Crippen LogP contribution in [0.3, 0.4) is 0 Å². The molecule has 38 heavy (non-hydrogen) atoms. The van der Waals surface area contributed by atoms with Gasteiger partial charge in [0.1, 0.15) is 23.1 Å². The van der Waals surface area contributed by atoms with E-state index in [0.29, 0.717) is 41.9 Å². The van der Waals surface area contributed by atoms with Gasteiger partial charge in [0, 0.05) is 38.6 Å². The number of nitrogens with one attached hydrogen (secondary N) is 1. The first-order chi connectivity index (χ1) is 18.1. The fourth-order valence-electron chi connectivity index (χ4n) is 4.80. The molecule has 0 bridgehead atoms. The number of hydrogen-bond donors (Lipinski definition) is 2. The molecule has 0 aliphatic carbocycles. The SMILES string of the molecule is CN1CC(COc2cc3c(cc(C(=O)NC4(c5ccc(C(=O)O)cc5)CCOC4)n3C)c(Cl)c2Cl)OC1=O. The molecule has 3 heterocycles. The molecule has 2 fully saturated rings. The summed E-state index contributed by atoms with van der Waals surface area (Å²) in [4.78, 5) is 37.9. The molecule has 3 aromatic rings. The van der Waals surface area contributed by atoms with Crippen molar-refractivity contribution >= 4 is 52.1 Å². The van der Waals surface area contributed by atoms with Crippen LogP contribution in [0.1, 0.15) is 32.8 Å². The third-order valence-corrected chi connectivity index (χ3v) is 7.83. The molecule has 2 saturated heterocycles. The highest BCUT2D eigenvalue weighted by atomic mass is 35.5. The van der Waals surface area contributed by atoms with Crippen molar-refractivity contribution < 1.29 is 33.7 Å². The van der Waals surface area contributed by atoms with Crippen molar-refractivity contribution in [3.63, 3.8) is 0 Å². The van der Waals surface area contributed by atoms with Crippen molar-refractivity contribution in [3.8, 4) is 5.75 Å². The number of carbonyl (C=O) groups excluding carboxylic acids is 2. The molecular weight excluding hydrogens is 537 g/mol. The highest BCUT2D eigenvalue weighted by Gasteiger charge is 2.39. The maximum absolute atomic E-state index is 13.5. The van der Waals surface area contributed by atoms with Crippen molar-refractivity contribution in [2.24, 2.45) is 7.05 Å². The van der Waals surface area contributed by atoms with Crippen LogP contribution >= 0.6 is 23.2 Å². The van der Waals surface area contributed by atoms with Crippen LogP contribution in [0.2, 0.25) is 10.0 Å². The Hall–Kier alpha value is -3.47. The van der Waals surface area contributed by atoms with Crippen molar-refractivity contribution in [1.82, 2.24) is 14.8 Å². The van der Waals surface area contributed by atoms with Crippen LogP contribution in [0.15, 0.2) is 36.4 Å². The lowest BCUT2D eigenvalue weighted by Crippen LogP contribution is -2.47. The summed E-state index contributed by atoms with van der Waals surface area (Å²) in [6.07, 6.45) is -0.331. The summed E-state index contributed by atoms with van der Waals surface area (Å²) in [6.45, 7) is 1.19. The lowest BCUT2D eigenvalue weighted by molar-refractivity contribution is 0.0695. The number of nitrogens with zero attached hydrogens (tertiary/aromatic N) is 2. The van der Waals surface area contributed by atoms with E-state index in [9.17, 15) is 19.5 Å². The largest absolute Gasteiger partial charge is 0.488 e. The first kappa shape index (κ1) is 26.1. The summed E-state index contributed by atoms with van der Waals surface area (Å²) < 4.78 is 18.4. The van der Waals surface area contributed by atoms with Gasteiger partial charge in [0.25, 0.3) is 5.91 Å². The predicted octanol–water partition coefficient (Wildman–Crippen LogP) is 4.06. The van der Waals surface area contributed by atoms with Crippen LogP contribution < -0.4 is 10.1 Å². The van der Waals surface area contributed by atoms with Crippen molar-refractivity contribution in [2.75, 3.05) is 33.4 Å². The Morgan fingerprint density at radius 1 is 1.18 bits per heavy atom. The van der Waals surface area contributed by atoms with Crippen LogP contribution in [0, 0.1) is 0 Å². The van der Waals surface area contributed by atoms with Gasteiger partial charge in [-0.05, 0) is 23.8 Å². The van der Waals surface area contributed by atoms with Gasteiger partial charge < -0.3 is 34.1 Å². The summed E-state index contributed by atoms with van der Waals surface area (Å²) in [5, 5.41) is 13.3. The van der Waals surface area contributed by atoms with Crippen LogP contribution in [0.25, 0.3) is 10.9 Å². The van der Waals surface area contributed by atoms with E-state index < -0.39 is 23.7 Å². The molecule has 2 N–H and O–H groups in total. The van der Waals surface area contributed by atoms with E-state index in [2.05, 4.69) is 5.32 Å². The molecule has 0 saturated carbocycles. The molecule has 1 aromatic heterocycles. The second-order valence-corrected chi connectivity index (χ2v) is 10.2. The smallest absolute Gasteiger partial charge is 0.410 e. The number of aromatic carboxylic acids is 1. The van der Waals surface area contributed by atoms with Crippen molar-refractivity contribution in [2.45, 2.75) is 18.1 Å². The van der Waals surface area contributed by atoms with Crippen LogP contribution in [-0.4, -0.2) is 72.1 Å². The molecule has 2 aliphatic rings. The number of hydrogen-bond acceptors (Lipinski definition) is 6. The minimum absolute atomic E-state index is 0.0958. The molecule has 12 heteroatoms. The molecule has 2 atom stereocenters. The standard InChI is InChI=1S/C26H25Cl2N3O7/c1-30-11-16(38-25(30)35)12-37-20-10-18-17(21(27)22(20)28)9-19(31(18)2)23(32)29-26(7-8-36-13-26)15-5-3-14(4-6-15)24(33)34/h3-6,9-10,16H,7-8,11-13H2,1-2H3,(H,29,32)(H,33,34). The van der Waals surface area contributed by atoms with Crippen LogP contribution in [-0.2, 0) is 22.1 Å². The van der Waals surface area contributed by atoms with Gasteiger partial charge in [-0.3, -0.25) is 4.79 Å². The number of rotatable bonds is 7. The Kier molecular flexibility index (Phi) is 6.89. The summed E-state index contributed by atoms with van der Waals surface area (Å²) in [5.41, 5.74) is 1.07.